The molecule has 2 heterocycles. The molecule has 1 saturated heterocycles. The number of carbonyl (C=O) groups is 5. The van der Waals surface area contributed by atoms with Gasteiger partial charge in [-0.05, 0) is 32.4 Å². The van der Waals surface area contributed by atoms with Gasteiger partial charge in [0.05, 0.1) is 11.4 Å². The molecule has 0 saturated carbocycles. The summed E-state index contributed by atoms with van der Waals surface area (Å²) in [5.74, 6) is -2.99. The van der Waals surface area contributed by atoms with E-state index >= 15 is 0 Å². The number of hydrogen-bond acceptors (Lipinski definition) is 5. The Morgan fingerprint density at radius 2 is 1.67 bits per heavy atom. The minimum absolute atomic E-state index is 0.106. The summed E-state index contributed by atoms with van der Waals surface area (Å²) in [6, 6.07) is 5.94. The first-order valence-corrected chi connectivity index (χ1v) is 8.61. The molecule has 0 aliphatic carbocycles. The van der Waals surface area contributed by atoms with Crippen molar-refractivity contribution in [2.24, 2.45) is 0 Å². The van der Waals surface area contributed by atoms with E-state index in [9.17, 15) is 24.0 Å². The molecule has 0 spiro atoms. The lowest BCUT2D eigenvalue weighted by molar-refractivity contribution is -0.144. The molecule has 0 aromatic heterocycles. The van der Waals surface area contributed by atoms with Crippen LogP contribution < -0.4 is 10.2 Å². The summed E-state index contributed by atoms with van der Waals surface area (Å²) in [5.41, 5.74) is -0.314. The standard InChI is InChI=1S/C18H20N4O5/c1-4-9-20-14(24)15(25)21(17(20)27)10-13(23)22-12-8-6-5-7-11(12)19-16(26)18(22,2)3/h5-8H,4,9-10H2,1-3H3,(H,19,26). The monoisotopic (exact) mass is 372 g/mol. The fourth-order valence-corrected chi connectivity index (χ4v) is 3.21. The van der Waals surface area contributed by atoms with Gasteiger partial charge in [0.25, 0.3) is 0 Å². The van der Waals surface area contributed by atoms with Crippen LogP contribution in [0.15, 0.2) is 24.3 Å². The molecular formula is C18H20N4O5. The first-order valence-electron chi connectivity index (χ1n) is 8.61. The Kier molecular flexibility index (Phi) is 4.46. The van der Waals surface area contributed by atoms with Gasteiger partial charge < -0.3 is 5.32 Å². The van der Waals surface area contributed by atoms with Gasteiger partial charge in [-0.3, -0.25) is 29.0 Å². The summed E-state index contributed by atoms with van der Waals surface area (Å²) >= 11 is 0. The Hall–Kier alpha value is -3.23. The van der Waals surface area contributed by atoms with Crippen LogP contribution in [0.3, 0.4) is 0 Å². The van der Waals surface area contributed by atoms with Crippen molar-refractivity contribution >= 4 is 41.0 Å². The number of nitrogens with one attached hydrogen (secondary N) is 1. The molecule has 9 nitrogen and oxygen atoms in total. The zero-order valence-corrected chi connectivity index (χ0v) is 15.3. The van der Waals surface area contributed by atoms with Crippen LogP contribution in [0.25, 0.3) is 0 Å². The molecule has 142 valence electrons. The van der Waals surface area contributed by atoms with Gasteiger partial charge in [-0.2, -0.15) is 0 Å². The normalized spacial score (nSPS) is 18.7. The number of amides is 6. The maximum atomic E-state index is 13.0. The van der Waals surface area contributed by atoms with E-state index in [-0.39, 0.29) is 6.54 Å². The molecule has 2 aliphatic rings. The van der Waals surface area contributed by atoms with Gasteiger partial charge in [-0.25, -0.2) is 9.69 Å². The molecule has 9 heteroatoms. The molecule has 1 aromatic rings. The maximum Gasteiger partial charge on any atom is 0.334 e. The fourth-order valence-electron chi connectivity index (χ4n) is 3.21. The number of imide groups is 2. The second kappa shape index (κ2) is 6.49. The summed E-state index contributed by atoms with van der Waals surface area (Å²) in [7, 11) is 0. The molecule has 1 N–H and O–H groups in total. The molecule has 0 bridgehead atoms. The molecule has 1 fully saturated rings. The van der Waals surface area contributed by atoms with E-state index in [0.29, 0.717) is 22.7 Å². The van der Waals surface area contributed by atoms with Gasteiger partial charge in [-0.1, -0.05) is 19.1 Å². The molecule has 0 radical (unpaired) electrons. The Morgan fingerprint density at radius 3 is 2.33 bits per heavy atom. The first-order chi connectivity index (χ1) is 12.7. The number of rotatable bonds is 4. The van der Waals surface area contributed by atoms with Crippen LogP contribution in [-0.4, -0.2) is 58.1 Å². The molecule has 1 aromatic carbocycles. The van der Waals surface area contributed by atoms with Crippen LogP contribution >= 0.6 is 0 Å². The zero-order valence-electron chi connectivity index (χ0n) is 15.3. The van der Waals surface area contributed by atoms with Crippen molar-refractivity contribution in [3.63, 3.8) is 0 Å². The van der Waals surface area contributed by atoms with Crippen molar-refractivity contribution < 1.29 is 24.0 Å². The second-order valence-corrected chi connectivity index (χ2v) is 6.89. The number of carbonyl (C=O) groups excluding carboxylic acids is 5. The number of para-hydroxylation sites is 2. The van der Waals surface area contributed by atoms with Gasteiger partial charge in [-0.15, -0.1) is 0 Å². The Morgan fingerprint density at radius 1 is 1.04 bits per heavy atom. The third kappa shape index (κ3) is 2.84. The number of nitrogens with zero attached hydrogens (tertiary/aromatic N) is 3. The van der Waals surface area contributed by atoms with Crippen molar-refractivity contribution in [3.05, 3.63) is 24.3 Å². The molecule has 2 aliphatic heterocycles. The van der Waals surface area contributed by atoms with E-state index in [2.05, 4.69) is 5.32 Å². The lowest BCUT2D eigenvalue weighted by atomic mass is 9.96. The topological polar surface area (TPSA) is 107 Å². The van der Waals surface area contributed by atoms with E-state index in [1.54, 1.807) is 45.0 Å². The van der Waals surface area contributed by atoms with Crippen LogP contribution in [0, 0.1) is 0 Å². The highest BCUT2D eigenvalue weighted by atomic mass is 16.2. The van der Waals surface area contributed by atoms with Crippen molar-refractivity contribution in [2.45, 2.75) is 32.7 Å². The Bertz CT molecular complexity index is 863. The van der Waals surface area contributed by atoms with Crippen molar-refractivity contribution in [1.82, 2.24) is 9.80 Å². The summed E-state index contributed by atoms with van der Waals surface area (Å²) < 4.78 is 0. The fraction of sp³-hybridized carbons (Fsp3) is 0.389. The predicted octanol–water partition coefficient (Wildman–Crippen LogP) is 0.951. The van der Waals surface area contributed by atoms with Crippen molar-refractivity contribution in [3.8, 4) is 0 Å². The quantitative estimate of drug-likeness (QED) is 0.625. The van der Waals surface area contributed by atoms with Gasteiger partial charge in [0.2, 0.25) is 11.8 Å². The lowest BCUT2D eigenvalue weighted by Crippen LogP contribution is -2.60. The third-order valence-electron chi connectivity index (χ3n) is 4.63. The van der Waals surface area contributed by atoms with Crippen LogP contribution in [0.5, 0.6) is 0 Å². The van der Waals surface area contributed by atoms with E-state index < -0.39 is 41.7 Å². The highest BCUT2D eigenvalue weighted by molar-refractivity contribution is 6.45. The SMILES string of the molecule is CCCN1C(=O)C(=O)N(CC(=O)N2c3ccccc3NC(=O)C2(C)C)C1=O. The molecule has 0 unspecified atom stereocenters. The second-order valence-electron chi connectivity index (χ2n) is 6.89. The van der Waals surface area contributed by atoms with Crippen molar-refractivity contribution in [2.75, 3.05) is 23.3 Å². The molecule has 27 heavy (non-hydrogen) atoms. The number of urea groups is 1. The average Bonchev–Trinajstić information content (AvgIpc) is 2.81. The van der Waals surface area contributed by atoms with Gasteiger partial charge in [0.1, 0.15) is 12.1 Å². The highest BCUT2D eigenvalue weighted by Crippen LogP contribution is 2.36. The number of fused-ring (bicyclic) bond motifs is 1. The molecular weight excluding hydrogens is 352 g/mol. The smallest absolute Gasteiger partial charge is 0.322 e. The Balaban J connectivity index is 1.92. The minimum Gasteiger partial charge on any atom is -0.322 e. The Labute approximate surface area is 155 Å². The summed E-state index contributed by atoms with van der Waals surface area (Å²) in [4.78, 5) is 64.7. The van der Waals surface area contributed by atoms with E-state index in [4.69, 9.17) is 0 Å². The first kappa shape index (κ1) is 18.6. The van der Waals surface area contributed by atoms with E-state index in [1.165, 1.54) is 4.90 Å². The summed E-state index contributed by atoms with van der Waals surface area (Å²) in [6.45, 7) is 4.39. The average molecular weight is 372 g/mol. The maximum absolute atomic E-state index is 13.0. The molecule has 3 rings (SSSR count). The van der Waals surface area contributed by atoms with Gasteiger partial charge in [0.15, 0.2) is 0 Å². The van der Waals surface area contributed by atoms with Crippen LogP contribution in [-0.2, 0) is 19.2 Å². The number of benzene rings is 1. The van der Waals surface area contributed by atoms with Gasteiger partial charge >= 0.3 is 17.8 Å². The zero-order chi connectivity index (χ0) is 19.9. The van der Waals surface area contributed by atoms with E-state index in [0.717, 1.165) is 4.90 Å². The largest absolute Gasteiger partial charge is 0.334 e. The molecule has 6 amide bonds. The highest BCUT2D eigenvalue weighted by Gasteiger charge is 2.48. The van der Waals surface area contributed by atoms with Crippen molar-refractivity contribution in [1.29, 1.82) is 0 Å². The van der Waals surface area contributed by atoms with Crippen LogP contribution in [0.4, 0.5) is 16.2 Å². The van der Waals surface area contributed by atoms with Crippen LogP contribution in [0.1, 0.15) is 27.2 Å². The summed E-state index contributed by atoms with van der Waals surface area (Å²) in [6.07, 6.45) is 0.499. The van der Waals surface area contributed by atoms with E-state index in [1.807, 2.05) is 0 Å². The molecule has 0 atom stereocenters. The lowest BCUT2D eigenvalue weighted by Gasteiger charge is -2.42. The van der Waals surface area contributed by atoms with Gasteiger partial charge in [0, 0.05) is 6.54 Å². The summed E-state index contributed by atoms with van der Waals surface area (Å²) in [5, 5.41) is 2.73. The minimum atomic E-state index is -1.23. The predicted molar refractivity (Wildman–Crippen MR) is 95.7 cm³/mol. The van der Waals surface area contributed by atoms with Crippen LogP contribution in [0.2, 0.25) is 0 Å². The number of anilines is 2. The number of hydrogen-bond donors (Lipinski definition) is 1. The third-order valence-corrected chi connectivity index (χ3v) is 4.63.